The predicted octanol–water partition coefficient (Wildman–Crippen LogP) is 4.65. The van der Waals surface area contributed by atoms with Crippen LogP contribution >= 0.6 is 11.8 Å². The maximum atomic E-state index is 9.45. The minimum Gasteiger partial charge on any atom is -0.497 e. The molecule has 3 rings (SSSR count). The number of methoxy groups -OCH3 is 1. The van der Waals surface area contributed by atoms with Crippen LogP contribution in [0.5, 0.6) is 5.75 Å². The molecule has 5 heteroatoms. The lowest BCUT2D eigenvalue weighted by molar-refractivity contribution is 0.415. The number of ether oxygens (including phenoxy) is 1. The quantitative estimate of drug-likeness (QED) is 0.689. The highest BCUT2D eigenvalue weighted by atomic mass is 32.2. The Kier molecular flexibility index (Phi) is 4.99. The molecule has 4 nitrogen and oxygen atoms in total. The van der Waals surface area contributed by atoms with E-state index < -0.39 is 0 Å². The van der Waals surface area contributed by atoms with Crippen LogP contribution in [0.15, 0.2) is 70.6 Å². The van der Waals surface area contributed by atoms with Gasteiger partial charge in [0.05, 0.1) is 23.9 Å². The van der Waals surface area contributed by atoms with Gasteiger partial charge in [-0.2, -0.15) is 10.5 Å². The van der Waals surface area contributed by atoms with Crippen molar-refractivity contribution in [3.63, 3.8) is 0 Å². The van der Waals surface area contributed by atoms with Crippen LogP contribution in [-0.4, -0.2) is 12.1 Å². The fourth-order valence-electron chi connectivity index (χ4n) is 2.31. The molecular formula is C20H13N3OS. The molecule has 0 saturated heterocycles. The van der Waals surface area contributed by atoms with Crippen molar-refractivity contribution in [3.05, 3.63) is 71.8 Å². The molecular weight excluding hydrogens is 330 g/mol. The summed E-state index contributed by atoms with van der Waals surface area (Å²) in [5, 5.41) is 19.4. The summed E-state index contributed by atoms with van der Waals surface area (Å²) in [6.45, 7) is 0. The van der Waals surface area contributed by atoms with E-state index in [1.54, 1.807) is 13.2 Å². The normalized spacial score (nSPS) is 9.88. The van der Waals surface area contributed by atoms with Gasteiger partial charge in [-0.1, -0.05) is 30.0 Å². The molecule has 0 radical (unpaired) electrons. The van der Waals surface area contributed by atoms with Gasteiger partial charge in [-0.15, -0.1) is 0 Å². The molecule has 25 heavy (non-hydrogen) atoms. The van der Waals surface area contributed by atoms with E-state index in [2.05, 4.69) is 17.1 Å². The summed E-state index contributed by atoms with van der Waals surface area (Å²) < 4.78 is 5.17. The Hall–Kier alpha value is -3.28. The summed E-state index contributed by atoms with van der Waals surface area (Å²) >= 11 is 1.41. The molecule has 0 N–H and O–H groups in total. The van der Waals surface area contributed by atoms with Crippen LogP contribution in [0.25, 0.3) is 11.3 Å². The van der Waals surface area contributed by atoms with Gasteiger partial charge in [-0.05, 0) is 42.5 Å². The third-order valence-corrected chi connectivity index (χ3v) is 4.56. The SMILES string of the molecule is COc1ccc(-c2nc(Sc3ccccc3)c(C#N)cc2C#N)cc1. The third-order valence-electron chi connectivity index (χ3n) is 3.55. The molecule has 0 aliphatic carbocycles. The Morgan fingerprint density at radius 2 is 1.60 bits per heavy atom. The van der Waals surface area contributed by atoms with Gasteiger partial charge < -0.3 is 4.74 Å². The summed E-state index contributed by atoms with van der Waals surface area (Å²) in [5.41, 5.74) is 2.13. The minimum absolute atomic E-state index is 0.374. The molecule has 120 valence electrons. The van der Waals surface area contributed by atoms with Crippen molar-refractivity contribution >= 4 is 11.8 Å². The molecule has 1 heterocycles. The van der Waals surface area contributed by atoms with Crippen molar-refractivity contribution in [3.8, 4) is 29.1 Å². The first-order valence-corrected chi connectivity index (χ1v) is 8.29. The lowest BCUT2D eigenvalue weighted by Gasteiger charge is -2.09. The molecule has 0 fully saturated rings. The largest absolute Gasteiger partial charge is 0.497 e. The fourth-order valence-corrected chi connectivity index (χ4v) is 3.18. The van der Waals surface area contributed by atoms with Crippen LogP contribution in [0.1, 0.15) is 11.1 Å². The molecule has 0 unspecified atom stereocenters. The van der Waals surface area contributed by atoms with E-state index in [0.29, 0.717) is 21.8 Å². The number of benzene rings is 2. The van der Waals surface area contributed by atoms with Crippen molar-refractivity contribution in [1.82, 2.24) is 4.98 Å². The first-order chi connectivity index (χ1) is 12.2. The van der Waals surface area contributed by atoms with E-state index in [1.807, 2.05) is 54.6 Å². The molecule has 0 aliphatic heterocycles. The van der Waals surface area contributed by atoms with Crippen LogP contribution in [0.2, 0.25) is 0 Å². The Balaban J connectivity index is 2.09. The van der Waals surface area contributed by atoms with Crippen LogP contribution in [0.3, 0.4) is 0 Å². The highest BCUT2D eigenvalue weighted by Crippen LogP contribution is 2.33. The summed E-state index contributed by atoms with van der Waals surface area (Å²) in [6, 6.07) is 22.9. The number of pyridine rings is 1. The Labute approximate surface area is 150 Å². The van der Waals surface area contributed by atoms with Crippen molar-refractivity contribution < 1.29 is 4.74 Å². The summed E-state index contributed by atoms with van der Waals surface area (Å²) in [6.07, 6.45) is 0. The van der Waals surface area contributed by atoms with Crippen LogP contribution < -0.4 is 4.74 Å². The van der Waals surface area contributed by atoms with Gasteiger partial charge in [-0.25, -0.2) is 4.98 Å². The summed E-state index contributed by atoms with van der Waals surface area (Å²) in [5.74, 6) is 0.731. The molecule has 0 aliphatic rings. The average Bonchev–Trinajstić information content (AvgIpc) is 2.68. The Morgan fingerprint density at radius 3 is 2.20 bits per heavy atom. The summed E-state index contributed by atoms with van der Waals surface area (Å²) in [4.78, 5) is 5.60. The van der Waals surface area contributed by atoms with Crippen molar-refractivity contribution in [1.29, 1.82) is 10.5 Å². The van der Waals surface area contributed by atoms with Crippen LogP contribution in [0, 0.1) is 22.7 Å². The van der Waals surface area contributed by atoms with Crippen molar-refractivity contribution in [2.24, 2.45) is 0 Å². The smallest absolute Gasteiger partial charge is 0.119 e. The third kappa shape index (κ3) is 3.63. The number of rotatable bonds is 4. The van der Waals surface area contributed by atoms with Crippen LogP contribution in [0.4, 0.5) is 0 Å². The zero-order valence-electron chi connectivity index (χ0n) is 13.4. The molecule has 0 spiro atoms. The lowest BCUT2D eigenvalue weighted by Crippen LogP contribution is -1.96. The second-order valence-electron chi connectivity index (χ2n) is 5.10. The lowest BCUT2D eigenvalue weighted by atomic mass is 10.1. The van der Waals surface area contributed by atoms with Crippen molar-refractivity contribution in [2.75, 3.05) is 7.11 Å². The maximum Gasteiger partial charge on any atom is 0.119 e. The van der Waals surface area contributed by atoms with E-state index in [0.717, 1.165) is 16.2 Å². The second-order valence-corrected chi connectivity index (χ2v) is 6.17. The highest BCUT2D eigenvalue weighted by Gasteiger charge is 2.14. The van der Waals surface area contributed by atoms with Crippen LogP contribution in [-0.2, 0) is 0 Å². The van der Waals surface area contributed by atoms with Gasteiger partial charge in [-0.3, -0.25) is 0 Å². The first-order valence-electron chi connectivity index (χ1n) is 7.47. The maximum absolute atomic E-state index is 9.45. The number of nitrogens with zero attached hydrogens (tertiary/aromatic N) is 3. The molecule has 3 aromatic rings. The number of aromatic nitrogens is 1. The molecule has 2 aromatic carbocycles. The van der Waals surface area contributed by atoms with Gasteiger partial charge >= 0.3 is 0 Å². The Morgan fingerprint density at radius 1 is 0.920 bits per heavy atom. The number of hydrogen-bond donors (Lipinski definition) is 0. The monoisotopic (exact) mass is 343 g/mol. The van der Waals surface area contributed by atoms with E-state index >= 15 is 0 Å². The first kappa shape index (κ1) is 16.6. The van der Waals surface area contributed by atoms with E-state index in [4.69, 9.17) is 4.74 Å². The number of nitriles is 2. The standard InChI is InChI=1S/C20H13N3OS/c1-24-17-9-7-14(8-10-17)19-15(12-21)11-16(13-22)20(23-19)25-18-5-3-2-4-6-18/h2-11H,1H3. The fraction of sp³-hybridized carbons (Fsp3) is 0.0500. The molecule has 0 atom stereocenters. The van der Waals surface area contributed by atoms with E-state index in [9.17, 15) is 10.5 Å². The molecule has 1 aromatic heterocycles. The van der Waals surface area contributed by atoms with E-state index in [1.165, 1.54) is 11.8 Å². The molecule has 0 amide bonds. The minimum atomic E-state index is 0.374. The molecule has 0 saturated carbocycles. The van der Waals surface area contributed by atoms with Gasteiger partial charge in [0.15, 0.2) is 0 Å². The van der Waals surface area contributed by atoms with Gasteiger partial charge in [0.1, 0.15) is 22.9 Å². The summed E-state index contributed by atoms with van der Waals surface area (Å²) in [7, 11) is 1.60. The van der Waals surface area contributed by atoms with Gasteiger partial charge in [0.25, 0.3) is 0 Å². The topological polar surface area (TPSA) is 69.7 Å². The van der Waals surface area contributed by atoms with Gasteiger partial charge in [0, 0.05) is 10.5 Å². The number of hydrogen-bond acceptors (Lipinski definition) is 5. The Bertz CT molecular complexity index is 971. The zero-order chi connectivity index (χ0) is 17.6. The van der Waals surface area contributed by atoms with Crippen molar-refractivity contribution in [2.45, 2.75) is 9.92 Å². The zero-order valence-corrected chi connectivity index (χ0v) is 14.2. The van der Waals surface area contributed by atoms with Gasteiger partial charge in [0.2, 0.25) is 0 Å². The van der Waals surface area contributed by atoms with E-state index in [-0.39, 0.29) is 0 Å². The molecule has 0 bridgehead atoms. The highest BCUT2D eigenvalue weighted by molar-refractivity contribution is 7.99. The predicted molar refractivity (Wildman–Crippen MR) is 96.2 cm³/mol. The second kappa shape index (κ2) is 7.53. The average molecular weight is 343 g/mol.